The summed E-state index contributed by atoms with van der Waals surface area (Å²) in [5.74, 6) is -0.215. The van der Waals surface area contributed by atoms with Crippen LogP contribution in [-0.4, -0.2) is 87.0 Å². The second kappa shape index (κ2) is 40.0. The standard InChI is InChI=1S/C50H99NO8/c1-4-6-8-10-12-14-16-18-19-20-21-22-23-24-25-26-27-28-30-32-34-36-38-40-45(53)51-43(41-58-50-49(57)48(56)46(54)42(3)59-50)47(55)44(52)39-37-35-33-31-29-17-15-13-11-9-7-5-2/h42-44,46-50,52,54-57H,4-41H2,1-3H3,(H,51,53)/t42-,43+,44-,46+,47+,48+,49-,50+/m1/s1. The highest BCUT2D eigenvalue weighted by Gasteiger charge is 2.43. The first-order chi connectivity index (χ1) is 28.7. The molecule has 0 aromatic heterocycles. The first-order valence-electron chi connectivity index (χ1n) is 25.7. The van der Waals surface area contributed by atoms with Gasteiger partial charge in [-0.05, 0) is 19.8 Å². The van der Waals surface area contributed by atoms with Crippen molar-refractivity contribution in [2.45, 2.75) is 307 Å². The van der Waals surface area contributed by atoms with Crippen molar-refractivity contribution in [3.8, 4) is 0 Å². The van der Waals surface area contributed by atoms with E-state index in [1.165, 1.54) is 186 Å². The summed E-state index contributed by atoms with van der Waals surface area (Å²) >= 11 is 0. The second-order valence-corrected chi connectivity index (χ2v) is 18.5. The largest absolute Gasteiger partial charge is 0.390 e. The average molecular weight is 842 g/mol. The molecule has 0 aromatic carbocycles. The SMILES string of the molecule is CCCCCCCCCCCCCCCCCCCCCCCCCC(=O)N[C@@H](CO[C@H]1O[C@H](C)[C@H](O)[C@H](O)[C@H]1O)[C@H](O)[C@H](O)CCCCCCCCCCCCCC. The molecule has 59 heavy (non-hydrogen) atoms. The van der Waals surface area contributed by atoms with Gasteiger partial charge in [0, 0.05) is 6.42 Å². The molecule has 8 atom stereocenters. The van der Waals surface area contributed by atoms with E-state index >= 15 is 0 Å². The van der Waals surface area contributed by atoms with Gasteiger partial charge in [-0.3, -0.25) is 4.79 Å². The molecule has 1 rings (SSSR count). The molecule has 6 N–H and O–H groups in total. The molecule has 1 saturated heterocycles. The summed E-state index contributed by atoms with van der Waals surface area (Å²) < 4.78 is 11.3. The molecule has 1 aliphatic rings. The number of hydrogen-bond acceptors (Lipinski definition) is 8. The fourth-order valence-electron chi connectivity index (χ4n) is 8.56. The van der Waals surface area contributed by atoms with Crippen molar-refractivity contribution in [1.29, 1.82) is 0 Å². The van der Waals surface area contributed by atoms with E-state index in [1.54, 1.807) is 6.92 Å². The smallest absolute Gasteiger partial charge is 0.220 e. The minimum Gasteiger partial charge on any atom is -0.390 e. The molecule has 0 unspecified atom stereocenters. The molecule has 0 bridgehead atoms. The van der Waals surface area contributed by atoms with Crippen molar-refractivity contribution in [1.82, 2.24) is 5.32 Å². The summed E-state index contributed by atoms with van der Waals surface area (Å²) in [6, 6.07) is -0.922. The summed E-state index contributed by atoms with van der Waals surface area (Å²) in [7, 11) is 0. The Kier molecular flexibility index (Phi) is 38.1. The number of amides is 1. The van der Waals surface area contributed by atoms with Gasteiger partial charge in [0.25, 0.3) is 0 Å². The molecular formula is C50H99NO8. The number of aliphatic hydroxyl groups excluding tert-OH is 5. The van der Waals surface area contributed by atoms with Crippen molar-refractivity contribution < 1.29 is 39.8 Å². The van der Waals surface area contributed by atoms with E-state index in [4.69, 9.17) is 9.47 Å². The molecule has 1 heterocycles. The Morgan fingerprint density at radius 3 is 1.22 bits per heavy atom. The van der Waals surface area contributed by atoms with Crippen molar-refractivity contribution in [3.05, 3.63) is 0 Å². The summed E-state index contributed by atoms with van der Waals surface area (Å²) in [5.41, 5.74) is 0. The minimum absolute atomic E-state index is 0.215. The number of ether oxygens (including phenoxy) is 2. The van der Waals surface area contributed by atoms with E-state index in [9.17, 15) is 30.3 Å². The Labute approximate surface area is 364 Å². The van der Waals surface area contributed by atoms with Crippen LogP contribution in [-0.2, 0) is 14.3 Å². The van der Waals surface area contributed by atoms with E-state index in [1.807, 2.05) is 0 Å². The zero-order valence-corrected chi connectivity index (χ0v) is 38.9. The minimum atomic E-state index is -1.49. The van der Waals surface area contributed by atoms with Crippen LogP contribution in [0.5, 0.6) is 0 Å². The van der Waals surface area contributed by atoms with Gasteiger partial charge >= 0.3 is 0 Å². The fraction of sp³-hybridized carbons (Fsp3) is 0.980. The van der Waals surface area contributed by atoms with Gasteiger partial charge in [-0.1, -0.05) is 232 Å². The van der Waals surface area contributed by atoms with Gasteiger partial charge in [0.1, 0.15) is 24.4 Å². The third-order valence-electron chi connectivity index (χ3n) is 12.8. The van der Waals surface area contributed by atoms with Crippen molar-refractivity contribution in [2.75, 3.05) is 6.61 Å². The molecule has 1 amide bonds. The molecule has 1 aliphatic heterocycles. The summed E-state index contributed by atoms with van der Waals surface area (Å²) in [6.07, 6.45) is 37.1. The summed E-state index contributed by atoms with van der Waals surface area (Å²) in [4.78, 5) is 13.0. The zero-order valence-electron chi connectivity index (χ0n) is 38.9. The first kappa shape index (κ1) is 56.2. The predicted molar refractivity (Wildman–Crippen MR) is 244 cm³/mol. The molecule has 1 fully saturated rings. The number of carbonyl (C=O) groups excluding carboxylic acids is 1. The lowest BCUT2D eigenvalue weighted by Crippen LogP contribution is -2.58. The highest BCUT2D eigenvalue weighted by molar-refractivity contribution is 5.76. The molecule has 352 valence electrons. The monoisotopic (exact) mass is 842 g/mol. The highest BCUT2D eigenvalue weighted by atomic mass is 16.7. The van der Waals surface area contributed by atoms with Gasteiger partial charge < -0.3 is 40.3 Å². The number of carbonyl (C=O) groups is 1. The average Bonchev–Trinajstić information content (AvgIpc) is 3.23. The maximum Gasteiger partial charge on any atom is 0.220 e. The molecule has 0 saturated carbocycles. The van der Waals surface area contributed by atoms with Crippen molar-refractivity contribution >= 4 is 5.91 Å². The van der Waals surface area contributed by atoms with Crippen LogP contribution in [0.25, 0.3) is 0 Å². The van der Waals surface area contributed by atoms with Crippen LogP contribution in [0.4, 0.5) is 0 Å². The highest BCUT2D eigenvalue weighted by Crippen LogP contribution is 2.23. The molecular weight excluding hydrogens is 743 g/mol. The second-order valence-electron chi connectivity index (χ2n) is 18.5. The Bertz CT molecular complexity index is 910. The van der Waals surface area contributed by atoms with Crippen molar-refractivity contribution in [3.63, 3.8) is 0 Å². The Morgan fingerprint density at radius 1 is 0.508 bits per heavy atom. The molecule has 0 aliphatic carbocycles. The third-order valence-corrected chi connectivity index (χ3v) is 12.8. The third kappa shape index (κ3) is 30.8. The lowest BCUT2D eigenvalue weighted by atomic mass is 9.98. The van der Waals surface area contributed by atoms with E-state index in [2.05, 4.69) is 19.2 Å². The van der Waals surface area contributed by atoms with E-state index in [-0.39, 0.29) is 12.5 Å². The van der Waals surface area contributed by atoms with Crippen LogP contribution >= 0.6 is 0 Å². The lowest BCUT2D eigenvalue weighted by molar-refractivity contribution is -0.295. The van der Waals surface area contributed by atoms with Gasteiger partial charge in [-0.15, -0.1) is 0 Å². The van der Waals surface area contributed by atoms with Gasteiger partial charge in [-0.25, -0.2) is 0 Å². The quantitative estimate of drug-likeness (QED) is 0.0332. The van der Waals surface area contributed by atoms with Gasteiger partial charge in [0.2, 0.25) is 5.91 Å². The van der Waals surface area contributed by atoms with Crippen LogP contribution in [0.15, 0.2) is 0 Å². The maximum absolute atomic E-state index is 13.0. The topological polar surface area (TPSA) is 149 Å². The van der Waals surface area contributed by atoms with Gasteiger partial charge in [0.15, 0.2) is 6.29 Å². The van der Waals surface area contributed by atoms with E-state index in [0.29, 0.717) is 12.8 Å². The normalized spacial score (nSPS) is 21.1. The van der Waals surface area contributed by atoms with Crippen LogP contribution in [0.2, 0.25) is 0 Å². The van der Waals surface area contributed by atoms with Crippen LogP contribution < -0.4 is 5.32 Å². The molecule has 0 spiro atoms. The van der Waals surface area contributed by atoms with E-state index < -0.39 is 49.0 Å². The number of hydrogen-bond donors (Lipinski definition) is 6. The number of aliphatic hydroxyl groups is 5. The predicted octanol–water partition coefficient (Wildman–Crippen LogP) is 11.5. The number of nitrogens with one attached hydrogen (secondary N) is 1. The molecule has 9 heteroatoms. The lowest BCUT2D eigenvalue weighted by Gasteiger charge is -2.39. The van der Waals surface area contributed by atoms with Crippen LogP contribution in [0.3, 0.4) is 0 Å². The Hall–Kier alpha value is -0.810. The van der Waals surface area contributed by atoms with Crippen LogP contribution in [0.1, 0.15) is 258 Å². The fourth-order valence-corrected chi connectivity index (χ4v) is 8.56. The number of rotatable bonds is 43. The molecule has 0 aromatic rings. The van der Waals surface area contributed by atoms with Gasteiger partial charge in [-0.2, -0.15) is 0 Å². The maximum atomic E-state index is 13.0. The Morgan fingerprint density at radius 2 is 0.847 bits per heavy atom. The first-order valence-corrected chi connectivity index (χ1v) is 25.7. The molecule has 9 nitrogen and oxygen atoms in total. The summed E-state index contributed by atoms with van der Waals surface area (Å²) in [6.45, 7) is 5.88. The van der Waals surface area contributed by atoms with Crippen LogP contribution in [0, 0.1) is 0 Å². The number of unbranched alkanes of at least 4 members (excludes halogenated alkanes) is 33. The molecule has 0 radical (unpaired) electrons. The van der Waals surface area contributed by atoms with Gasteiger partial charge in [0.05, 0.1) is 24.9 Å². The Balaban J connectivity index is 2.23. The van der Waals surface area contributed by atoms with E-state index in [0.717, 1.165) is 38.5 Å². The van der Waals surface area contributed by atoms with Crippen molar-refractivity contribution in [2.24, 2.45) is 0 Å². The zero-order chi connectivity index (χ0) is 43.2. The summed E-state index contributed by atoms with van der Waals surface area (Å²) in [5, 5.41) is 55.7.